The highest BCUT2D eigenvalue weighted by Crippen LogP contribution is 2.48. The average Bonchev–Trinajstić information content (AvgIpc) is 3.49. The molecular weight excluding hydrogens is 555 g/mol. The Labute approximate surface area is 246 Å². The van der Waals surface area contributed by atoms with Gasteiger partial charge in [-0.3, -0.25) is 9.36 Å². The minimum atomic E-state index is -2.90. The first-order chi connectivity index (χ1) is 19.9. The standard InChI is InChI=1S/C29H43N5O5Si2/c1-18(2)40(19(3)4)36-15-24-23(38-41(39-40,20(5)6)21(7)8)14-25(37-24)34-17-32-26-27(30-16-31-28(26)34)33-29(35)22-12-10-9-11-13-22/h9-13,16-21,23-25H,14-15H2,1-8H3,(H,30,31,33,35)/t23-,24-,25-/m1/s1/i14D/t14-,23-,24-,25-. The van der Waals surface area contributed by atoms with Gasteiger partial charge in [0.1, 0.15) is 18.7 Å². The van der Waals surface area contributed by atoms with Gasteiger partial charge >= 0.3 is 17.1 Å². The van der Waals surface area contributed by atoms with Crippen LogP contribution in [-0.4, -0.2) is 61.4 Å². The van der Waals surface area contributed by atoms with Crippen LogP contribution >= 0.6 is 0 Å². The van der Waals surface area contributed by atoms with Crippen molar-refractivity contribution in [3.8, 4) is 0 Å². The van der Waals surface area contributed by atoms with Gasteiger partial charge in [0, 0.05) is 13.3 Å². The number of rotatable bonds is 7. The Morgan fingerprint density at radius 3 is 2.24 bits per heavy atom. The summed E-state index contributed by atoms with van der Waals surface area (Å²) < 4.78 is 38.9. The van der Waals surface area contributed by atoms with Crippen molar-refractivity contribution in [2.24, 2.45) is 0 Å². The van der Waals surface area contributed by atoms with Crippen LogP contribution in [0.15, 0.2) is 43.0 Å². The second-order valence-corrected chi connectivity index (χ2v) is 21.0. The number of carbonyl (C=O) groups excluding carboxylic acids is 1. The lowest BCUT2D eigenvalue weighted by Gasteiger charge is -2.51. The molecule has 1 N–H and O–H groups in total. The Morgan fingerprint density at radius 1 is 0.951 bits per heavy atom. The van der Waals surface area contributed by atoms with Gasteiger partial charge in [0.25, 0.3) is 5.91 Å². The van der Waals surface area contributed by atoms with Gasteiger partial charge in [-0.15, -0.1) is 0 Å². The lowest BCUT2D eigenvalue weighted by atomic mass is 10.2. The second-order valence-electron chi connectivity index (χ2n) is 12.2. The van der Waals surface area contributed by atoms with Gasteiger partial charge in [-0.1, -0.05) is 73.6 Å². The zero-order valence-corrected chi connectivity index (χ0v) is 27.2. The van der Waals surface area contributed by atoms with Crippen LogP contribution in [0.4, 0.5) is 5.82 Å². The van der Waals surface area contributed by atoms with E-state index in [2.05, 4.69) is 75.7 Å². The Balaban J connectivity index is 1.49. The molecule has 2 aromatic heterocycles. The molecule has 2 aliphatic rings. The molecule has 4 heterocycles. The first kappa shape index (κ1) is 28.6. The third-order valence-corrected chi connectivity index (χ3v) is 18.5. The van der Waals surface area contributed by atoms with Crippen LogP contribution in [0.2, 0.25) is 22.2 Å². The first-order valence-electron chi connectivity index (χ1n) is 15.1. The first-order valence-corrected chi connectivity index (χ1v) is 18.5. The maximum Gasteiger partial charge on any atom is 0.335 e. The number of benzene rings is 1. The summed E-state index contributed by atoms with van der Waals surface area (Å²) in [7, 11) is -5.63. The predicted molar refractivity (Wildman–Crippen MR) is 162 cm³/mol. The van der Waals surface area contributed by atoms with E-state index in [1.807, 2.05) is 6.07 Å². The normalized spacial score (nSPS) is 26.3. The fraction of sp³-hybridized carbons (Fsp3) is 0.586. The van der Waals surface area contributed by atoms with Crippen molar-refractivity contribution in [1.29, 1.82) is 0 Å². The summed E-state index contributed by atoms with van der Waals surface area (Å²) in [6, 6.07) is 8.92. The van der Waals surface area contributed by atoms with Crippen LogP contribution in [0, 0.1) is 0 Å². The van der Waals surface area contributed by atoms with Gasteiger partial charge in [0.15, 0.2) is 17.0 Å². The Morgan fingerprint density at radius 2 is 1.61 bits per heavy atom. The fourth-order valence-electron chi connectivity index (χ4n) is 6.03. The molecule has 0 spiro atoms. The second kappa shape index (κ2) is 11.7. The fourth-order valence-corrected chi connectivity index (χ4v) is 17.2. The molecule has 0 bridgehead atoms. The van der Waals surface area contributed by atoms with Crippen molar-refractivity contribution in [2.45, 2.75) is 102 Å². The van der Waals surface area contributed by atoms with Crippen LogP contribution in [0.5, 0.6) is 0 Å². The van der Waals surface area contributed by atoms with Crippen LogP contribution in [0.25, 0.3) is 11.2 Å². The van der Waals surface area contributed by atoms with Gasteiger partial charge in [0.05, 0.1) is 19.0 Å². The quantitative estimate of drug-likeness (QED) is 0.315. The number of imidazole rings is 1. The molecule has 41 heavy (non-hydrogen) atoms. The lowest BCUT2D eigenvalue weighted by Crippen LogP contribution is -2.65. The van der Waals surface area contributed by atoms with Gasteiger partial charge in [-0.25, -0.2) is 15.0 Å². The number of amides is 1. The number of carbonyl (C=O) groups is 1. The van der Waals surface area contributed by atoms with Crippen LogP contribution in [0.3, 0.4) is 0 Å². The molecule has 10 nitrogen and oxygen atoms in total. The predicted octanol–water partition coefficient (Wildman–Crippen LogP) is 6.32. The van der Waals surface area contributed by atoms with E-state index >= 15 is 0 Å². The molecular formula is C29H43N5O5Si2. The van der Waals surface area contributed by atoms with E-state index in [9.17, 15) is 6.17 Å². The Kier molecular flexibility index (Phi) is 8.14. The number of ether oxygens (including phenoxy) is 1. The zero-order chi connectivity index (χ0) is 30.4. The third kappa shape index (κ3) is 5.41. The van der Waals surface area contributed by atoms with E-state index in [0.717, 1.165) is 0 Å². The van der Waals surface area contributed by atoms with Gasteiger partial charge in [-0.05, 0) is 34.3 Å². The number of hydrogen-bond donors (Lipinski definition) is 1. The van der Waals surface area contributed by atoms with Crippen molar-refractivity contribution < 1.29 is 23.9 Å². The van der Waals surface area contributed by atoms with Crippen LogP contribution < -0.4 is 5.32 Å². The summed E-state index contributed by atoms with van der Waals surface area (Å²) in [5.74, 6) is -0.00171. The SMILES string of the molecule is [2H][C@@H]1[C@H]2O[Si](C(C)C)(C(C)C)O[Si](C(C)C)(C(C)C)OC[C@H]2O[C@H]1n1cnc2c(NC(=O)c3ccccc3)ncnc21. The molecule has 1 amide bonds. The minimum Gasteiger partial charge on any atom is -0.414 e. The molecule has 2 saturated heterocycles. The van der Waals surface area contributed by atoms with Crippen molar-refractivity contribution in [3.05, 3.63) is 48.5 Å². The highest BCUT2D eigenvalue weighted by atomic mass is 28.5. The number of anilines is 1. The molecule has 0 aliphatic carbocycles. The highest BCUT2D eigenvalue weighted by Gasteiger charge is 2.60. The summed E-state index contributed by atoms with van der Waals surface area (Å²) in [6.45, 7) is 17.7. The highest BCUT2D eigenvalue weighted by molar-refractivity contribution is 6.84. The maximum absolute atomic E-state index is 12.8. The molecule has 5 rings (SSSR count). The summed E-state index contributed by atoms with van der Waals surface area (Å²) in [5, 5.41) is 2.84. The Hall–Kier alpha value is -2.49. The largest absolute Gasteiger partial charge is 0.414 e. The average molecular weight is 599 g/mol. The molecule has 2 aliphatic heterocycles. The summed E-state index contributed by atoms with van der Waals surface area (Å²) in [6.07, 6.45) is 0.470. The van der Waals surface area contributed by atoms with E-state index in [1.54, 1.807) is 35.2 Å². The monoisotopic (exact) mass is 598 g/mol. The van der Waals surface area contributed by atoms with E-state index < -0.39 is 42.0 Å². The molecule has 12 heteroatoms. The van der Waals surface area contributed by atoms with E-state index in [1.165, 1.54) is 6.33 Å². The number of aromatic nitrogens is 4. The molecule has 0 radical (unpaired) electrons. The maximum atomic E-state index is 12.8. The zero-order valence-electron chi connectivity index (χ0n) is 26.2. The topological polar surface area (TPSA) is 110 Å². The molecule has 2 fully saturated rings. The van der Waals surface area contributed by atoms with Crippen LogP contribution in [0.1, 0.15) is 79.7 Å². The van der Waals surface area contributed by atoms with Gasteiger partial charge in [-0.2, -0.15) is 0 Å². The number of nitrogens with zero attached hydrogens (tertiary/aromatic N) is 4. The minimum absolute atomic E-state index is 0.146. The molecule has 1 aromatic carbocycles. The van der Waals surface area contributed by atoms with Crippen molar-refractivity contribution in [3.63, 3.8) is 0 Å². The van der Waals surface area contributed by atoms with E-state index in [0.29, 0.717) is 29.2 Å². The molecule has 0 saturated carbocycles. The van der Waals surface area contributed by atoms with Gasteiger partial charge < -0.3 is 23.0 Å². The number of fused-ring (bicyclic) bond motifs is 2. The molecule has 0 unspecified atom stereocenters. The van der Waals surface area contributed by atoms with Crippen LogP contribution in [-0.2, 0) is 17.7 Å². The van der Waals surface area contributed by atoms with E-state index in [4.69, 9.17) is 17.7 Å². The van der Waals surface area contributed by atoms with Crippen molar-refractivity contribution in [2.75, 3.05) is 11.9 Å². The summed E-state index contributed by atoms with van der Waals surface area (Å²) in [5.41, 5.74) is 2.11. The Bertz CT molecular complexity index is 1390. The summed E-state index contributed by atoms with van der Waals surface area (Å²) in [4.78, 5) is 26.1. The molecule has 4 atom stereocenters. The number of nitrogens with one attached hydrogen (secondary N) is 1. The smallest absolute Gasteiger partial charge is 0.335 e. The molecule has 3 aromatic rings. The van der Waals surface area contributed by atoms with E-state index in [-0.39, 0.29) is 28.1 Å². The third-order valence-electron chi connectivity index (χ3n) is 8.27. The van der Waals surface area contributed by atoms with Crippen molar-refractivity contribution >= 4 is 40.0 Å². The number of hydrogen-bond acceptors (Lipinski definition) is 8. The lowest BCUT2D eigenvalue weighted by molar-refractivity contribution is -0.0544. The summed E-state index contributed by atoms with van der Waals surface area (Å²) >= 11 is 0. The van der Waals surface area contributed by atoms with Gasteiger partial charge in [0.2, 0.25) is 0 Å². The van der Waals surface area contributed by atoms with Crippen molar-refractivity contribution in [1.82, 2.24) is 19.5 Å². The molecule has 222 valence electrons.